The highest BCUT2D eigenvalue weighted by molar-refractivity contribution is 5.78. The van der Waals surface area contributed by atoms with Crippen molar-refractivity contribution in [3.63, 3.8) is 0 Å². The van der Waals surface area contributed by atoms with Crippen molar-refractivity contribution < 1.29 is 67.5 Å². The molecule has 21 atom stereocenters. The molecular formula is C49H75NO14. The topological polar surface area (TPSA) is 182 Å². The van der Waals surface area contributed by atoms with Crippen LogP contribution in [0.15, 0.2) is 59.3 Å². The van der Waals surface area contributed by atoms with Crippen molar-refractivity contribution in [1.29, 1.82) is 0 Å². The van der Waals surface area contributed by atoms with Crippen LogP contribution in [-0.4, -0.2) is 146 Å². The highest BCUT2D eigenvalue weighted by atomic mass is 16.7. The van der Waals surface area contributed by atoms with Gasteiger partial charge in [-0.1, -0.05) is 70.6 Å². The molecule has 64 heavy (non-hydrogen) atoms. The second kappa shape index (κ2) is 20.5. The van der Waals surface area contributed by atoms with E-state index in [1.165, 1.54) is 6.08 Å². The normalized spacial score (nSPS) is 48.3. The Hall–Kier alpha value is -2.35. The Morgan fingerprint density at radius 3 is 2.30 bits per heavy atom. The molecular weight excluding hydrogens is 827 g/mol. The second-order valence-electron chi connectivity index (χ2n) is 19.4. The molecule has 1 aliphatic carbocycles. The number of nitrogens with one attached hydrogen (secondary N) is 1. The third-order valence-electron chi connectivity index (χ3n) is 14.9. The van der Waals surface area contributed by atoms with Gasteiger partial charge in [-0.05, 0) is 64.3 Å². The summed E-state index contributed by atoms with van der Waals surface area (Å²) in [4.78, 5) is 14.4. The molecule has 7 rings (SSSR count). The van der Waals surface area contributed by atoms with Gasteiger partial charge < -0.3 is 68.0 Å². The average Bonchev–Trinajstić information content (AvgIpc) is 3.53. The maximum Gasteiger partial charge on any atom is 0.316 e. The van der Waals surface area contributed by atoms with E-state index in [1.54, 1.807) is 33.3 Å². The van der Waals surface area contributed by atoms with Crippen LogP contribution in [0.5, 0.6) is 0 Å². The van der Waals surface area contributed by atoms with Gasteiger partial charge >= 0.3 is 5.97 Å². The van der Waals surface area contributed by atoms with E-state index in [1.807, 2.05) is 46.9 Å². The second-order valence-corrected chi connectivity index (χ2v) is 19.4. The lowest BCUT2D eigenvalue weighted by molar-refractivity contribution is -0.312. The number of aliphatic hydroxyl groups is 3. The number of hydrogen-bond acceptors (Lipinski definition) is 15. The fourth-order valence-electron chi connectivity index (χ4n) is 11.1. The van der Waals surface area contributed by atoms with Gasteiger partial charge in [0, 0.05) is 57.3 Å². The van der Waals surface area contributed by atoms with Gasteiger partial charge in [0.15, 0.2) is 24.7 Å². The zero-order valence-corrected chi connectivity index (χ0v) is 39.6. The predicted octanol–water partition coefficient (Wildman–Crippen LogP) is 4.92. The van der Waals surface area contributed by atoms with Crippen LogP contribution >= 0.6 is 0 Å². The van der Waals surface area contributed by atoms with Crippen LogP contribution in [0.4, 0.5) is 0 Å². The first-order valence-electron chi connectivity index (χ1n) is 23.5. The lowest BCUT2D eigenvalue weighted by Gasteiger charge is -2.48. The van der Waals surface area contributed by atoms with Gasteiger partial charge in [-0.3, -0.25) is 4.79 Å². The molecule has 15 nitrogen and oxygen atoms in total. The van der Waals surface area contributed by atoms with E-state index < -0.39 is 84.9 Å². The van der Waals surface area contributed by atoms with Crippen LogP contribution in [0.3, 0.4) is 0 Å². The van der Waals surface area contributed by atoms with E-state index in [0.717, 1.165) is 12.0 Å². The summed E-state index contributed by atoms with van der Waals surface area (Å²) in [6, 6.07) is 0.0304. The summed E-state index contributed by atoms with van der Waals surface area (Å²) in [6.45, 7) is 16.1. The first-order valence-corrected chi connectivity index (χ1v) is 23.5. The molecule has 0 amide bonds. The molecule has 4 N–H and O–H groups in total. The number of aliphatic hydroxyl groups excluding tert-OH is 2. The Labute approximate surface area is 379 Å². The van der Waals surface area contributed by atoms with Crippen LogP contribution in [0, 0.1) is 23.7 Å². The van der Waals surface area contributed by atoms with Gasteiger partial charge in [-0.2, -0.15) is 0 Å². The zero-order chi connectivity index (χ0) is 46.2. The molecule has 7 aliphatic rings. The first-order chi connectivity index (χ1) is 30.4. The monoisotopic (exact) mass is 902 g/mol. The van der Waals surface area contributed by atoms with E-state index in [0.29, 0.717) is 31.3 Å². The van der Waals surface area contributed by atoms with Gasteiger partial charge in [0.05, 0.1) is 48.8 Å². The van der Waals surface area contributed by atoms with Gasteiger partial charge in [0.2, 0.25) is 0 Å². The van der Waals surface area contributed by atoms with Crippen LogP contribution in [0.25, 0.3) is 0 Å². The maximum atomic E-state index is 14.4. The third kappa shape index (κ3) is 9.94. The van der Waals surface area contributed by atoms with Crippen molar-refractivity contribution in [2.45, 2.75) is 197 Å². The fourth-order valence-corrected chi connectivity index (χ4v) is 11.1. The molecule has 4 saturated heterocycles. The number of carbonyl (C=O) groups excluding carboxylic acids is 1. The Morgan fingerprint density at radius 2 is 1.59 bits per heavy atom. The summed E-state index contributed by atoms with van der Waals surface area (Å²) in [7, 11) is 5.26. The van der Waals surface area contributed by atoms with Crippen molar-refractivity contribution >= 4 is 5.97 Å². The molecule has 6 aliphatic heterocycles. The number of likely N-dealkylation sites (N-methyl/N-ethyl adjacent to an activating group) is 1. The molecule has 0 radical (unpaired) electrons. The van der Waals surface area contributed by atoms with Crippen LogP contribution < -0.4 is 5.32 Å². The van der Waals surface area contributed by atoms with E-state index >= 15 is 0 Å². The molecule has 2 bridgehead atoms. The molecule has 1 unspecified atom stereocenters. The number of allylic oxidation sites excluding steroid dienone is 2. The van der Waals surface area contributed by atoms with Gasteiger partial charge in [0.1, 0.15) is 35.9 Å². The van der Waals surface area contributed by atoms with Crippen molar-refractivity contribution in [2.24, 2.45) is 23.7 Å². The first kappa shape index (κ1) is 49.6. The number of ether oxygens (including phenoxy) is 10. The van der Waals surface area contributed by atoms with E-state index in [9.17, 15) is 20.1 Å². The Morgan fingerprint density at radius 1 is 0.891 bits per heavy atom. The highest BCUT2D eigenvalue weighted by Crippen LogP contribution is 2.49. The van der Waals surface area contributed by atoms with Gasteiger partial charge in [-0.25, -0.2) is 0 Å². The number of carbonyl (C=O) groups is 1. The number of methoxy groups -OCH3 is 2. The SMILES string of the molecule is CC[C@H](C)[C@H]1O[C@]2(C=C[C@@H]1C)C[C@@H]1C[C@@H](C/C=C(/C)[C@@H](O[C@H]3C[C@H](OC)[C@@H](O[C@H]4C[C@H](OC)[C@H](NC)[C@H](C)O4)[C@H](C)O3)[C@@H](C)/C=C\C=C3C(O)O[C@@H]4[C@H](O)C(C)=C[C@@H](C(=O)O1)[C@]34O)O2. The summed E-state index contributed by atoms with van der Waals surface area (Å²) in [5.41, 5.74) is -0.703. The smallest absolute Gasteiger partial charge is 0.316 e. The quantitative estimate of drug-likeness (QED) is 0.181. The standard InChI is InChI=1S/C49H75NO14/c1-12-25(2)43-28(5)18-19-48(64-43)24-33-21-32(63-48)17-16-27(4)42(26(3)14-13-15-34-46(52)62-45-41(51)29(6)20-35(47(53)59-33)49(34,45)54)60-39-23-37(56-11)44(31(8)58-39)61-38-22-36(55-10)40(50-9)30(7)57-38/h13-16,18-20,25-26,28,30-33,35-46,50-52,54H,12,17,21-24H2,1-11H3/b14-13-,27-16-,34-15?/t25-,26-,28-,30-,31-,32+,33-,35-,36-,37-,38-,39-,40+,41+,42-,43+,44-,45+,46?,48+,49+/m0/s1. The molecule has 1 spiro atoms. The predicted molar refractivity (Wildman–Crippen MR) is 235 cm³/mol. The summed E-state index contributed by atoms with van der Waals surface area (Å²) in [6.07, 6.45) is 7.40. The number of esters is 1. The minimum atomic E-state index is -2.11. The molecule has 0 saturated carbocycles. The summed E-state index contributed by atoms with van der Waals surface area (Å²) in [5, 5.41) is 38.3. The maximum absolute atomic E-state index is 14.4. The molecule has 0 aromatic carbocycles. The van der Waals surface area contributed by atoms with Crippen LogP contribution in [0.1, 0.15) is 93.9 Å². The summed E-state index contributed by atoms with van der Waals surface area (Å²) < 4.78 is 64.2. The molecule has 15 heteroatoms. The van der Waals surface area contributed by atoms with Gasteiger partial charge in [0.25, 0.3) is 0 Å². The molecule has 6 heterocycles. The van der Waals surface area contributed by atoms with E-state index in [2.05, 4.69) is 38.2 Å². The average molecular weight is 902 g/mol. The minimum Gasteiger partial charge on any atom is -0.462 e. The molecule has 4 fully saturated rings. The van der Waals surface area contributed by atoms with Crippen molar-refractivity contribution in [3.05, 3.63) is 59.3 Å². The Kier molecular flexibility index (Phi) is 15.9. The van der Waals surface area contributed by atoms with Crippen molar-refractivity contribution in [3.8, 4) is 0 Å². The Balaban J connectivity index is 1.19. The summed E-state index contributed by atoms with van der Waals surface area (Å²) in [5.74, 6) is -2.99. The fraction of sp³-hybridized carbons (Fsp3) is 0.776. The zero-order valence-electron chi connectivity index (χ0n) is 39.6. The van der Waals surface area contributed by atoms with E-state index in [4.69, 9.17) is 47.4 Å². The Bertz CT molecular complexity index is 1780. The summed E-state index contributed by atoms with van der Waals surface area (Å²) >= 11 is 0. The number of rotatable bonds is 9. The van der Waals surface area contributed by atoms with E-state index in [-0.39, 0.29) is 60.2 Å². The molecule has 360 valence electrons. The van der Waals surface area contributed by atoms with Crippen molar-refractivity contribution in [1.82, 2.24) is 5.32 Å². The lowest BCUT2D eigenvalue weighted by Crippen LogP contribution is -2.58. The minimum absolute atomic E-state index is 0.0304. The largest absolute Gasteiger partial charge is 0.462 e. The van der Waals surface area contributed by atoms with Crippen molar-refractivity contribution in [2.75, 3.05) is 21.3 Å². The molecule has 0 aromatic rings. The van der Waals surface area contributed by atoms with Crippen LogP contribution in [-0.2, 0) is 52.2 Å². The lowest BCUT2D eigenvalue weighted by atomic mass is 9.70. The number of fused-ring (bicyclic) bond motifs is 2. The van der Waals surface area contributed by atoms with Gasteiger partial charge in [-0.15, -0.1) is 0 Å². The number of hydrogen-bond donors (Lipinski definition) is 4. The van der Waals surface area contributed by atoms with Crippen LogP contribution in [0.2, 0.25) is 0 Å². The molecule has 0 aromatic heterocycles. The third-order valence-corrected chi connectivity index (χ3v) is 14.9. The highest BCUT2D eigenvalue weighted by Gasteiger charge is 2.63.